The van der Waals surface area contributed by atoms with Crippen molar-refractivity contribution >= 4 is 34.0 Å². The van der Waals surface area contributed by atoms with Crippen molar-refractivity contribution in [2.45, 2.75) is 6.10 Å². The zero-order valence-corrected chi connectivity index (χ0v) is 19.6. The van der Waals surface area contributed by atoms with E-state index in [1.165, 1.54) is 5.69 Å². The van der Waals surface area contributed by atoms with Crippen molar-refractivity contribution in [2.75, 3.05) is 64.6 Å². The molecule has 0 amide bonds. The summed E-state index contributed by atoms with van der Waals surface area (Å²) in [4.78, 5) is 4.64. The summed E-state index contributed by atoms with van der Waals surface area (Å²) in [5.41, 5.74) is 1.21. The Morgan fingerprint density at radius 3 is 2.20 bits per heavy atom. The van der Waals surface area contributed by atoms with Crippen molar-refractivity contribution < 1.29 is 19.3 Å². The van der Waals surface area contributed by atoms with E-state index in [1.807, 2.05) is 36.4 Å². The Labute approximate surface area is 193 Å². The first-order valence-corrected chi connectivity index (χ1v) is 10.7. The number of ether oxygens (including phenoxy) is 3. The van der Waals surface area contributed by atoms with Crippen molar-refractivity contribution in [1.82, 2.24) is 4.90 Å². The molecule has 0 spiro atoms. The molecule has 0 aromatic heterocycles. The molecule has 0 aliphatic carbocycles. The van der Waals surface area contributed by atoms with E-state index >= 15 is 0 Å². The highest BCUT2D eigenvalue weighted by Crippen LogP contribution is 2.20. The Hall–Kier alpha value is -1.51. The third-order valence-electron chi connectivity index (χ3n) is 4.90. The van der Waals surface area contributed by atoms with E-state index in [0.29, 0.717) is 26.4 Å². The standard InChI is InChI=1S/C22H29BrN2O4.ClH/c1-27-21-8-4-19(5-9-21)25-12-10-24(11-13-25)16-20(26)17-28-14-15-29-22-6-2-18(23)3-7-22;/h2-9,20,26H,10-17H2,1H3;1H. The van der Waals surface area contributed by atoms with Crippen molar-refractivity contribution in [1.29, 1.82) is 0 Å². The maximum absolute atomic E-state index is 10.2. The first-order valence-electron chi connectivity index (χ1n) is 9.89. The normalized spacial score (nSPS) is 15.4. The predicted octanol–water partition coefficient (Wildman–Crippen LogP) is 3.46. The van der Waals surface area contributed by atoms with Gasteiger partial charge in [0, 0.05) is 42.9 Å². The third kappa shape index (κ3) is 7.96. The van der Waals surface area contributed by atoms with Gasteiger partial charge in [-0.05, 0) is 48.5 Å². The van der Waals surface area contributed by atoms with Gasteiger partial charge < -0.3 is 24.2 Å². The van der Waals surface area contributed by atoms with E-state index in [4.69, 9.17) is 14.2 Å². The summed E-state index contributed by atoms with van der Waals surface area (Å²) < 4.78 is 17.4. The van der Waals surface area contributed by atoms with Crippen molar-refractivity contribution in [3.8, 4) is 11.5 Å². The highest BCUT2D eigenvalue weighted by atomic mass is 79.9. The van der Waals surface area contributed by atoms with Gasteiger partial charge >= 0.3 is 0 Å². The van der Waals surface area contributed by atoms with Crippen LogP contribution in [0.3, 0.4) is 0 Å². The fraction of sp³-hybridized carbons (Fsp3) is 0.455. The van der Waals surface area contributed by atoms with Crippen LogP contribution >= 0.6 is 28.3 Å². The molecule has 1 fully saturated rings. The van der Waals surface area contributed by atoms with E-state index in [9.17, 15) is 5.11 Å². The van der Waals surface area contributed by atoms with Gasteiger partial charge in [-0.1, -0.05) is 15.9 Å². The molecule has 2 aromatic rings. The summed E-state index contributed by atoms with van der Waals surface area (Å²) in [6.07, 6.45) is -0.491. The van der Waals surface area contributed by atoms with Gasteiger partial charge in [-0.25, -0.2) is 0 Å². The summed E-state index contributed by atoms with van der Waals surface area (Å²) in [5.74, 6) is 1.69. The molecule has 1 atom stereocenters. The van der Waals surface area contributed by atoms with Crippen LogP contribution in [0.2, 0.25) is 0 Å². The van der Waals surface area contributed by atoms with Gasteiger partial charge in [0.15, 0.2) is 0 Å². The molecule has 1 heterocycles. The lowest BCUT2D eigenvalue weighted by Crippen LogP contribution is -2.49. The Kier molecular flexibility index (Phi) is 10.7. The van der Waals surface area contributed by atoms with Crippen molar-refractivity contribution in [3.63, 3.8) is 0 Å². The zero-order valence-electron chi connectivity index (χ0n) is 17.2. The number of hydrogen-bond donors (Lipinski definition) is 1. The number of halogens is 2. The number of aliphatic hydroxyl groups excluding tert-OH is 1. The molecule has 30 heavy (non-hydrogen) atoms. The molecule has 1 N–H and O–H groups in total. The van der Waals surface area contributed by atoms with Crippen molar-refractivity contribution in [2.24, 2.45) is 0 Å². The minimum absolute atomic E-state index is 0. The number of piperazine rings is 1. The van der Waals surface area contributed by atoms with Crippen LogP contribution in [-0.4, -0.2) is 75.8 Å². The molecule has 0 radical (unpaired) electrons. The molecule has 166 valence electrons. The van der Waals surface area contributed by atoms with Gasteiger partial charge in [-0.15, -0.1) is 12.4 Å². The van der Waals surface area contributed by atoms with E-state index in [1.54, 1.807) is 7.11 Å². The van der Waals surface area contributed by atoms with Crippen LogP contribution < -0.4 is 14.4 Å². The highest BCUT2D eigenvalue weighted by Gasteiger charge is 2.19. The molecule has 3 rings (SSSR count). The number of β-amino-alcohol motifs (C(OH)–C–C–N with tert-alkyl or cyclic N) is 1. The van der Waals surface area contributed by atoms with Crippen LogP contribution in [0.4, 0.5) is 5.69 Å². The van der Waals surface area contributed by atoms with Crippen LogP contribution in [0.25, 0.3) is 0 Å². The molecular weight excluding hydrogens is 472 g/mol. The molecule has 1 saturated heterocycles. The van der Waals surface area contributed by atoms with Crippen LogP contribution in [-0.2, 0) is 4.74 Å². The predicted molar refractivity (Wildman–Crippen MR) is 125 cm³/mol. The summed E-state index contributed by atoms with van der Waals surface area (Å²) in [6, 6.07) is 15.9. The molecule has 6 nitrogen and oxygen atoms in total. The average Bonchev–Trinajstić information content (AvgIpc) is 2.75. The monoisotopic (exact) mass is 500 g/mol. The molecular formula is C22H30BrClN2O4. The maximum Gasteiger partial charge on any atom is 0.119 e. The minimum atomic E-state index is -0.491. The van der Waals surface area contributed by atoms with E-state index in [-0.39, 0.29) is 12.4 Å². The van der Waals surface area contributed by atoms with E-state index in [0.717, 1.165) is 42.2 Å². The second-order valence-corrected chi connectivity index (χ2v) is 7.93. The number of methoxy groups -OCH3 is 1. The minimum Gasteiger partial charge on any atom is -0.497 e. The SMILES string of the molecule is COc1ccc(N2CCN(CC(O)COCCOc3ccc(Br)cc3)CC2)cc1.Cl. The number of hydrogen-bond acceptors (Lipinski definition) is 6. The van der Waals surface area contributed by atoms with Crippen molar-refractivity contribution in [3.05, 3.63) is 53.0 Å². The third-order valence-corrected chi connectivity index (χ3v) is 5.43. The summed E-state index contributed by atoms with van der Waals surface area (Å²) in [5, 5.41) is 10.2. The molecule has 2 aromatic carbocycles. The lowest BCUT2D eigenvalue weighted by molar-refractivity contribution is 0.00718. The lowest BCUT2D eigenvalue weighted by Gasteiger charge is -2.36. The Balaban J connectivity index is 0.00000320. The molecule has 1 aliphatic rings. The number of nitrogens with zero attached hydrogens (tertiary/aromatic N) is 2. The van der Waals surface area contributed by atoms with Gasteiger partial charge in [0.25, 0.3) is 0 Å². The maximum atomic E-state index is 10.2. The molecule has 8 heteroatoms. The first kappa shape index (κ1) is 24.8. The van der Waals surface area contributed by atoms with E-state index < -0.39 is 6.10 Å². The summed E-state index contributed by atoms with van der Waals surface area (Å²) >= 11 is 3.40. The topological polar surface area (TPSA) is 54.4 Å². The number of anilines is 1. The van der Waals surface area contributed by atoms with Crippen LogP contribution in [0.1, 0.15) is 0 Å². The Morgan fingerprint density at radius 2 is 1.57 bits per heavy atom. The fourth-order valence-electron chi connectivity index (χ4n) is 3.30. The zero-order chi connectivity index (χ0) is 20.5. The van der Waals surface area contributed by atoms with Crippen LogP contribution in [0.5, 0.6) is 11.5 Å². The lowest BCUT2D eigenvalue weighted by atomic mass is 10.2. The van der Waals surface area contributed by atoms with Crippen LogP contribution in [0, 0.1) is 0 Å². The molecule has 1 aliphatic heterocycles. The molecule has 0 bridgehead atoms. The van der Waals surface area contributed by atoms with Crippen LogP contribution in [0.15, 0.2) is 53.0 Å². The second kappa shape index (κ2) is 13.0. The summed E-state index contributed by atoms with van der Waals surface area (Å²) in [7, 11) is 1.68. The average molecular weight is 502 g/mol. The second-order valence-electron chi connectivity index (χ2n) is 7.02. The number of rotatable bonds is 10. The number of benzene rings is 2. The largest absolute Gasteiger partial charge is 0.497 e. The summed E-state index contributed by atoms with van der Waals surface area (Å²) in [6.45, 7) is 5.62. The van der Waals surface area contributed by atoms with Gasteiger partial charge in [0.2, 0.25) is 0 Å². The number of aliphatic hydroxyl groups is 1. The molecule has 1 unspecified atom stereocenters. The van der Waals surface area contributed by atoms with Gasteiger partial charge in [-0.3, -0.25) is 4.90 Å². The van der Waals surface area contributed by atoms with Gasteiger partial charge in [0.05, 0.1) is 26.4 Å². The van der Waals surface area contributed by atoms with E-state index in [2.05, 4.69) is 37.9 Å². The fourth-order valence-corrected chi connectivity index (χ4v) is 3.57. The first-order chi connectivity index (χ1) is 14.1. The molecule has 0 saturated carbocycles. The highest BCUT2D eigenvalue weighted by molar-refractivity contribution is 9.10. The van der Waals surface area contributed by atoms with Gasteiger partial charge in [0.1, 0.15) is 18.1 Å². The quantitative estimate of drug-likeness (QED) is 0.503. The Morgan fingerprint density at radius 1 is 0.933 bits per heavy atom. The Bertz CT molecular complexity index is 725. The smallest absolute Gasteiger partial charge is 0.119 e. The van der Waals surface area contributed by atoms with Gasteiger partial charge in [-0.2, -0.15) is 0 Å².